The molecule has 92 valence electrons. The van der Waals surface area contributed by atoms with Gasteiger partial charge >= 0.3 is 0 Å². The van der Waals surface area contributed by atoms with Crippen molar-refractivity contribution >= 4 is 11.6 Å². The van der Waals surface area contributed by atoms with Crippen molar-refractivity contribution in [2.75, 3.05) is 5.88 Å². The Labute approximate surface area is 104 Å². The summed E-state index contributed by atoms with van der Waals surface area (Å²) < 4.78 is 6.77. The highest BCUT2D eigenvalue weighted by Gasteiger charge is 2.07. The van der Waals surface area contributed by atoms with Crippen LogP contribution in [0.2, 0.25) is 0 Å². The van der Waals surface area contributed by atoms with Gasteiger partial charge < -0.3 is 4.52 Å². The number of halogens is 1. The van der Waals surface area contributed by atoms with Crippen molar-refractivity contribution in [2.45, 2.75) is 32.7 Å². The van der Waals surface area contributed by atoms with Crippen LogP contribution < -0.4 is 0 Å². The van der Waals surface area contributed by atoms with E-state index >= 15 is 0 Å². The molecule has 0 aliphatic rings. The van der Waals surface area contributed by atoms with E-state index in [-0.39, 0.29) is 0 Å². The molecule has 0 saturated heterocycles. The van der Waals surface area contributed by atoms with Crippen molar-refractivity contribution in [3.05, 3.63) is 23.6 Å². The summed E-state index contributed by atoms with van der Waals surface area (Å²) in [5, 5.41) is 11.9. The zero-order valence-corrected chi connectivity index (χ0v) is 10.4. The van der Waals surface area contributed by atoms with Crippen molar-refractivity contribution in [3.8, 4) is 0 Å². The van der Waals surface area contributed by atoms with Crippen molar-refractivity contribution < 1.29 is 4.52 Å². The van der Waals surface area contributed by atoms with Crippen LogP contribution in [0.5, 0.6) is 0 Å². The Morgan fingerprint density at radius 2 is 2.35 bits per heavy atom. The largest absolute Gasteiger partial charge is 0.337 e. The Balaban J connectivity index is 1.96. The number of aromatic nitrogens is 5. The molecule has 7 heteroatoms. The first-order valence-electron chi connectivity index (χ1n) is 5.58. The van der Waals surface area contributed by atoms with Crippen LogP contribution in [0.15, 0.2) is 10.7 Å². The molecule has 0 saturated carbocycles. The number of aryl methyl sites for hydroxylation is 2. The van der Waals surface area contributed by atoms with E-state index in [1.54, 1.807) is 4.68 Å². The maximum atomic E-state index is 5.62. The van der Waals surface area contributed by atoms with Crippen molar-refractivity contribution in [2.24, 2.45) is 0 Å². The number of hydrogen-bond acceptors (Lipinski definition) is 5. The van der Waals surface area contributed by atoms with Crippen LogP contribution in [0.25, 0.3) is 0 Å². The second kappa shape index (κ2) is 5.77. The molecule has 0 amide bonds. The normalized spacial score (nSPS) is 10.9. The maximum Gasteiger partial charge on any atom is 0.248 e. The van der Waals surface area contributed by atoms with E-state index in [0.29, 0.717) is 24.1 Å². The molecule has 0 radical (unpaired) electrons. The van der Waals surface area contributed by atoms with E-state index in [4.69, 9.17) is 16.1 Å². The number of rotatable bonds is 6. The van der Waals surface area contributed by atoms with Gasteiger partial charge in [0, 0.05) is 18.5 Å². The third kappa shape index (κ3) is 3.26. The summed E-state index contributed by atoms with van der Waals surface area (Å²) in [5.41, 5.74) is 0.931. The molecule has 2 heterocycles. The van der Waals surface area contributed by atoms with E-state index in [0.717, 1.165) is 25.0 Å². The third-order valence-electron chi connectivity index (χ3n) is 2.28. The van der Waals surface area contributed by atoms with E-state index in [1.165, 1.54) is 0 Å². The highest BCUT2D eigenvalue weighted by atomic mass is 35.5. The highest BCUT2D eigenvalue weighted by molar-refractivity contribution is 6.17. The van der Waals surface area contributed by atoms with Gasteiger partial charge in [-0.2, -0.15) is 4.98 Å². The summed E-state index contributed by atoms with van der Waals surface area (Å²) in [7, 11) is 0. The summed E-state index contributed by atoms with van der Waals surface area (Å²) >= 11 is 5.62. The van der Waals surface area contributed by atoms with Gasteiger partial charge in [0.2, 0.25) is 5.89 Å². The molecular weight excluding hydrogens is 242 g/mol. The molecule has 0 aliphatic heterocycles. The molecule has 0 unspecified atom stereocenters. The first kappa shape index (κ1) is 12.0. The van der Waals surface area contributed by atoms with Crippen LogP contribution in [0, 0.1) is 0 Å². The van der Waals surface area contributed by atoms with E-state index in [1.807, 2.05) is 13.1 Å². The van der Waals surface area contributed by atoms with Crippen LogP contribution in [0.1, 0.15) is 30.8 Å². The first-order chi connectivity index (χ1) is 8.31. The SMILES string of the molecule is CCc1noc(Cn2cc(CCCCl)nn2)n1. The van der Waals surface area contributed by atoms with Gasteiger partial charge in [-0.15, -0.1) is 16.7 Å². The van der Waals surface area contributed by atoms with Crippen LogP contribution in [0.4, 0.5) is 0 Å². The molecular formula is C10H14ClN5O. The number of alkyl halides is 1. The lowest BCUT2D eigenvalue weighted by atomic mass is 10.3. The minimum Gasteiger partial charge on any atom is -0.337 e. The first-order valence-corrected chi connectivity index (χ1v) is 6.11. The van der Waals surface area contributed by atoms with E-state index in [2.05, 4.69) is 20.5 Å². The number of hydrogen-bond donors (Lipinski definition) is 0. The Morgan fingerprint density at radius 3 is 3.06 bits per heavy atom. The molecule has 0 N–H and O–H groups in total. The fourth-order valence-corrected chi connectivity index (χ4v) is 1.55. The van der Waals surface area contributed by atoms with Crippen molar-refractivity contribution in [1.82, 2.24) is 25.1 Å². The molecule has 2 aromatic heterocycles. The summed E-state index contributed by atoms with van der Waals surface area (Å²) in [6.07, 6.45) is 4.39. The zero-order chi connectivity index (χ0) is 12.1. The molecule has 6 nitrogen and oxygen atoms in total. The van der Waals surface area contributed by atoms with Gasteiger partial charge in [-0.3, -0.25) is 0 Å². The average molecular weight is 256 g/mol. The van der Waals surface area contributed by atoms with Crippen LogP contribution in [0.3, 0.4) is 0 Å². The van der Waals surface area contributed by atoms with Crippen LogP contribution in [-0.2, 0) is 19.4 Å². The van der Waals surface area contributed by atoms with Gasteiger partial charge in [0.15, 0.2) is 5.82 Å². The molecule has 0 aromatic carbocycles. The van der Waals surface area contributed by atoms with Gasteiger partial charge in [-0.05, 0) is 12.8 Å². The Hall–Kier alpha value is -1.43. The Morgan fingerprint density at radius 1 is 1.47 bits per heavy atom. The van der Waals surface area contributed by atoms with Crippen molar-refractivity contribution in [3.63, 3.8) is 0 Å². The predicted molar refractivity (Wildman–Crippen MR) is 61.8 cm³/mol. The summed E-state index contributed by atoms with van der Waals surface area (Å²) in [6, 6.07) is 0. The van der Waals surface area contributed by atoms with Gasteiger partial charge in [-0.1, -0.05) is 17.3 Å². The monoisotopic (exact) mass is 255 g/mol. The van der Waals surface area contributed by atoms with Crippen molar-refractivity contribution in [1.29, 1.82) is 0 Å². The zero-order valence-electron chi connectivity index (χ0n) is 9.64. The average Bonchev–Trinajstić information content (AvgIpc) is 2.96. The van der Waals surface area contributed by atoms with Crippen LogP contribution in [-0.4, -0.2) is 31.0 Å². The second-order valence-corrected chi connectivity index (χ2v) is 4.04. The molecule has 17 heavy (non-hydrogen) atoms. The Kier molecular flexibility index (Phi) is 4.08. The lowest BCUT2D eigenvalue weighted by Crippen LogP contribution is -2.00. The molecule has 0 atom stereocenters. The summed E-state index contributed by atoms with van der Waals surface area (Å²) in [5.74, 6) is 1.90. The second-order valence-electron chi connectivity index (χ2n) is 3.66. The van der Waals surface area contributed by atoms with Gasteiger partial charge in [0.05, 0.1) is 5.69 Å². The Bertz CT molecular complexity index is 467. The molecule has 0 fully saturated rings. The predicted octanol–water partition coefficient (Wildman–Crippen LogP) is 1.44. The van der Waals surface area contributed by atoms with Gasteiger partial charge in [0.25, 0.3) is 0 Å². The third-order valence-corrected chi connectivity index (χ3v) is 2.54. The molecule has 0 bridgehead atoms. The number of nitrogens with zero attached hydrogens (tertiary/aromatic N) is 5. The highest BCUT2D eigenvalue weighted by Crippen LogP contribution is 2.03. The minimum absolute atomic E-state index is 0.459. The maximum absolute atomic E-state index is 5.62. The summed E-state index contributed by atoms with van der Waals surface area (Å²) in [6.45, 7) is 2.44. The minimum atomic E-state index is 0.459. The lowest BCUT2D eigenvalue weighted by Gasteiger charge is -1.92. The smallest absolute Gasteiger partial charge is 0.248 e. The quantitative estimate of drug-likeness (QED) is 0.731. The molecule has 0 spiro atoms. The lowest BCUT2D eigenvalue weighted by molar-refractivity contribution is 0.360. The molecule has 2 rings (SSSR count). The van der Waals surface area contributed by atoms with Gasteiger partial charge in [0.1, 0.15) is 6.54 Å². The van der Waals surface area contributed by atoms with E-state index < -0.39 is 0 Å². The molecule has 2 aromatic rings. The fraction of sp³-hybridized carbons (Fsp3) is 0.600. The fourth-order valence-electron chi connectivity index (χ4n) is 1.41. The van der Waals surface area contributed by atoms with Crippen LogP contribution >= 0.6 is 11.6 Å². The topological polar surface area (TPSA) is 69.6 Å². The summed E-state index contributed by atoms with van der Waals surface area (Å²) in [4.78, 5) is 4.21. The van der Waals surface area contributed by atoms with E-state index in [9.17, 15) is 0 Å². The van der Waals surface area contributed by atoms with Gasteiger partial charge in [-0.25, -0.2) is 4.68 Å². The molecule has 0 aliphatic carbocycles. The standard InChI is InChI=1S/C10H14ClN5O/c1-2-9-12-10(17-14-9)7-16-6-8(13-15-16)4-3-5-11/h6H,2-5,7H2,1H3.